The average Bonchev–Trinajstić information content (AvgIpc) is 4.20. The van der Waals surface area contributed by atoms with Gasteiger partial charge in [-0.15, -0.1) is 0 Å². The number of amides is 4. The molecule has 2 heterocycles. The SMILES string of the molecule is CCCCCCCC/C=C\CCCCCCCCNC(=O)O[C@@H]1CC[C@@]2(C)C(CCC3C2CC[C@]2(C)C(CCC(=O)N[C@H]4C[C@@H](C(=O)N(CCCN(C)C)CCCN(C)C)N(C(=O)C(Cc5c[nH]cn5)N(C)C)C4)CCC32)C1. The Hall–Kier alpha value is -3.49. The number of nitrogens with zero attached hydrogens (tertiary/aromatic N) is 6. The molecule has 4 amide bonds. The minimum Gasteiger partial charge on any atom is -0.446 e. The maximum atomic E-state index is 14.7. The molecule has 0 aromatic carbocycles. The molecule has 0 radical (unpaired) electrons. The highest BCUT2D eigenvalue weighted by Crippen LogP contribution is 2.68. The summed E-state index contributed by atoms with van der Waals surface area (Å²) in [5, 5.41) is 6.46. The molecule has 444 valence electrons. The third-order valence-electron chi connectivity index (χ3n) is 20.2. The van der Waals surface area contributed by atoms with Gasteiger partial charge in [-0.3, -0.25) is 19.3 Å². The van der Waals surface area contributed by atoms with Crippen molar-refractivity contribution >= 4 is 23.8 Å². The zero-order chi connectivity index (χ0) is 56.1. The van der Waals surface area contributed by atoms with Crippen molar-refractivity contribution in [3.05, 3.63) is 30.4 Å². The summed E-state index contributed by atoms with van der Waals surface area (Å²) in [6.07, 6.45) is 40.4. The fraction of sp³-hybridized carbons (Fsp3) is 0.859. The molecule has 3 N–H and O–H groups in total. The summed E-state index contributed by atoms with van der Waals surface area (Å²) in [4.78, 5) is 73.9. The summed E-state index contributed by atoms with van der Waals surface area (Å²) >= 11 is 0. The lowest BCUT2D eigenvalue weighted by Gasteiger charge is -2.61. The number of aromatic amines is 1. The zero-order valence-corrected chi connectivity index (χ0v) is 51.0. The lowest BCUT2D eigenvalue weighted by Crippen LogP contribution is -2.54. The fourth-order valence-corrected chi connectivity index (χ4v) is 15.7. The topological polar surface area (TPSA) is 146 Å². The van der Waals surface area contributed by atoms with Gasteiger partial charge in [0, 0.05) is 51.3 Å². The van der Waals surface area contributed by atoms with E-state index in [9.17, 15) is 19.2 Å². The molecule has 4 aliphatic carbocycles. The van der Waals surface area contributed by atoms with Crippen LogP contribution in [0, 0.1) is 40.4 Å². The molecule has 14 nitrogen and oxygen atoms in total. The molecule has 0 bridgehead atoms. The molecule has 4 saturated carbocycles. The summed E-state index contributed by atoms with van der Waals surface area (Å²) in [6.45, 7) is 11.4. The molecule has 1 aromatic rings. The minimum atomic E-state index is -0.645. The Morgan fingerprint density at radius 2 is 1.40 bits per heavy atom. The second-order valence-corrected chi connectivity index (χ2v) is 26.6. The number of allylic oxidation sites excluding steroid dienone is 2. The van der Waals surface area contributed by atoms with Gasteiger partial charge in [0.25, 0.3) is 0 Å². The van der Waals surface area contributed by atoms with Gasteiger partial charge in [-0.05, 0) is 211 Å². The van der Waals surface area contributed by atoms with E-state index < -0.39 is 12.1 Å². The molecule has 6 unspecified atom stereocenters. The summed E-state index contributed by atoms with van der Waals surface area (Å²) in [5.74, 6) is 3.16. The number of aromatic nitrogens is 2. The maximum absolute atomic E-state index is 14.7. The van der Waals surface area contributed by atoms with Crippen molar-refractivity contribution in [3.63, 3.8) is 0 Å². The molecular formula is C64H113N9O5. The van der Waals surface area contributed by atoms with Crippen LogP contribution in [-0.2, 0) is 25.5 Å². The highest BCUT2D eigenvalue weighted by atomic mass is 16.6. The number of likely N-dealkylation sites (N-methyl/N-ethyl adjacent to an activating group) is 1. The molecule has 5 fully saturated rings. The number of nitrogens with one attached hydrogen (secondary N) is 3. The Kier molecular flexibility index (Phi) is 26.3. The van der Waals surface area contributed by atoms with Crippen LogP contribution in [0.3, 0.4) is 0 Å². The van der Waals surface area contributed by atoms with Gasteiger partial charge in [0.05, 0.1) is 18.1 Å². The molecule has 1 aromatic heterocycles. The molecule has 5 aliphatic rings. The maximum Gasteiger partial charge on any atom is 0.407 e. The second-order valence-electron chi connectivity index (χ2n) is 26.6. The van der Waals surface area contributed by atoms with Crippen molar-refractivity contribution in [2.75, 3.05) is 81.6 Å². The normalized spacial score (nSPS) is 28.2. The molecule has 1 saturated heterocycles. The van der Waals surface area contributed by atoms with Gasteiger partial charge >= 0.3 is 6.09 Å². The molecule has 6 rings (SSSR count). The Labute approximate surface area is 474 Å². The fourth-order valence-electron chi connectivity index (χ4n) is 15.7. The molecular weight excluding hydrogens is 975 g/mol. The largest absolute Gasteiger partial charge is 0.446 e. The number of rotatable bonds is 34. The predicted molar refractivity (Wildman–Crippen MR) is 317 cm³/mol. The molecule has 1 aliphatic heterocycles. The number of ether oxygens (including phenoxy) is 1. The van der Waals surface area contributed by atoms with Crippen LogP contribution in [0.2, 0.25) is 0 Å². The first-order valence-electron chi connectivity index (χ1n) is 32.0. The molecule has 0 spiro atoms. The zero-order valence-electron chi connectivity index (χ0n) is 51.0. The van der Waals surface area contributed by atoms with Gasteiger partial charge in [0.1, 0.15) is 12.1 Å². The Morgan fingerprint density at radius 3 is 2.04 bits per heavy atom. The highest BCUT2D eigenvalue weighted by Gasteiger charge is 2.60. The van der Waals surface area contributed by atoms with Crippen LogP contribution in [0.1, 0.15) is 206 Å². The lowest BCUT2D eigenvalue weighted by atomic mass is 9.44. The van der Waals surface area contributed by atoms with Crippen molar-refractivity contribution in [2.24, 2.45) is 40.4 Å². The number of carbonyl (C=O) groups is 4. The predicted octanol–water partition coefficient (Wildman–Crippen LogP) is 11.3. The summed E-state index contributed by atoms with van der Waals surface area (Å²) < 4.78 is 6.12. The van der Waals surface area contributed by atoms with Crippen LogP contribution in [0.4, 0.5) is 4.79 Å². The van der Waals surface area contributed by atoms with Crippen molar-refractivity contribution in [1.29, 1.82) is 0 Å². The van der Waals surface area contributed by atoms with Gasteiger partial charge in [-0.25, -0.2) is 9.78 Å². The Balaban J connectivity index is 0.935. The van der Waals surface area contributed by atoms with Crippen LogP contribution < -0.4 is 10.6 Å². The van der Waals surface area contributed by atoms with E-state index in [0.717, 1.165) is 76.1 Å². The summed E-state index contributed by atoms with van der Waals surface area (Å²) in [6, 6.07) is -1.44. The van der Waals surface area contributed by atoms with E-state index in [1.807, 2.05) is 30.1 Å². The van der Waals surface area contributed by atoms with Crippen molar-refractivity contribution in [1.82, 2.24) is 45.1 Å². The van der Waals surface area contributed by atoms with E-state index in [1.54, 1.807) is 11.2 Å². The van der Waals surface area contributed by atoms with Crippen LogP contribution in [0.5, 0.6) is 0 Å². The first kappa shape index (κ1) is 63.7. The van der Waals surface area contributed by atoms with E-state index in [0.29, 0.717) is 74.5 Å². The first-order chi connectivity index (χ1) is 37.5. The standard InChI is InChI=1S/C64H113N9O5/c1-10-11-12-13-14-15-16-17-18-19-20-21-22-23-24-25-38-66-62(77)78-53-34-36-64(3)50(43-53)28-31-54-55-32-29-49(63(55,2)37-35-56(54)64)30-33-59(74)68-52-45-58(60(75)72(41-26-39-69(4)5)42-27-40-70(6)7)73(47-52)61(76)57(71(8)9)44-51-46-65-48-67-51/h17-18,46,48-50,52-58H,10-16,19-45,47H2,1-9H3,(H,65,67)(H,66,77)(H,68,74)/b18-17-/t49?,50?,52-,53+,54?,55?,56?,57?,58-,63+,64-/m0/s1. The number of alkyl carbamates (subject to hydrolysis) is 1. The molecule has 11 atom stereocenters. The van der Waals surface area contributed by atoms with Crippen molar-refractivity contribution in [2.45, 2.75) is 231 Å². The first-order valence-corrected chi connectivity index (χ1v) is 32.0. The third-order valence-corrected chi connectivity index (χ3v) is 20.2. The summed E-state index contributed by atoms with van der Waals surface area (Å²) in [5.41, 5.74) is 1.32. The third kappa shape index (κ3) is 18.5. The number of H-pyrrole nitrogens is 1. The monoisotopic (exact) mass is 1090 g/mol. The van der Waals surface area contributed by atoms with Gasteiger partial charge in [-0.2, -0.15) is 0 Å². The second kappa shape index (κ2) is 32.2. The van der Waals surface area contributed by atoms with E-state index in [2.05, 4.69) is 91.5 Å². The van der Waals surface area contributed by atoms with Crippen molar-refractivity contribution in [3.8, 4) is 0 Å². The number of hydrogen-bond acceptors (Lipinski definition) is 9. The average molecular weight is 1090 g/mol. The lowest BCUT2D eigenvalue weighted by molar-refractivity contribution is -0.146. The number of carbonyl (C=O) groups excluding carboxylic acids is 4. The van der Waals surface area contributed by atoms with Gasteiger partial charge in [0.2, 0.25) is 17.7 Å². The van der Waals surface area contributed by atoms with Crippen LogP contribution in [-0.4, -0.2) is 164 Å². The van der Waals surface area contributed by atoms with Crippen LogP contribution >= 0.6 is 0 Å². The molecule has 78 heavy (non-hydrogen) atoms. The highest BCUT2D eigenvalue weighted by molar-refractivity contribution is 5.91. The smallest absolute Gasteiger partial charge is 0.407 e. The van der Waals surface area contributed by atoms with E-state index in [1.165, 1.54) is 116 Å². The Bertz CT molecular complexity index is 1950. The quantitative estimate of drug-likeness (QED) is 0.0453. The van der Waals surface area contributed by atoms with Crippen molar-refractivity contribution < 1.29 is 23.9 Å². The van der Waals surface area contributed by atoms with E-state index in [-0.39, 0.29) is 41.4 Å². The number of hydrogen-bond donors (Lipinski definition) is 3. The number of likely N-dealkylation sites (tertiary alicyclic amines) is 1. The van der Waals surface area contributed by atoms with E-state index >= 15 is 0 Å². The summed E-state index contributed by atoms with van der Waals surface area (Å²) in [7, 11) is 12.0. The van der Waals surface area contributed by atoms with Crippen LogP contribution in [0.25, 0.3) is 0 Å². The van der Waals surface area contributed by atoms with E-state index in [4.69, 9.17) is 4.74 Å². The molecule has 14 heteroatoms. The number of fused-ring (bicyclic) bond motifs is 5. The number of unbranched alkanes of at least 4 members (excludes halogenated alkanes) is 12. The van der Waals surface area contributed by atoms with Gasteiger partial charge < -0.3 is 40.0 Å². The van der Waals surface area contributed by atoms with Gasteiger partial charge in [-0.1, -0.05) is 90.7 Å². The Morgan fingerprint density at radius 1 is 0.756 bits per heavy atom. The van der Waals surface area contributed by atoms with Gasteiger partial charge in [0.15, 0.2) is 0 Å². The van der Waals surface area contributed by atoms with Crippen LogP contribution in [0.15, 0.2) is 24.7 Å². The number of imidazole rings is 1. The minimum absolute atomic E-state index is 0.0164.